The maximum absolute atomic E-state index is 12.6. The zero-order valence-electron chi connectivity index (χ0n) is 14.6. The Labute approximate surface area is 180 Å². The van der Waals surface area contributed by atoms with Crippen LogP contribution in [0.1, 0.15) is 36.2 Å². The van der Waals surface area contributed by atoms with Gasteiger partial charge in [-0.1, -0.05) is 80.6 Å². The minimum Gasteiger partial charge on any atom is -0.301 e. The molecule has 1 amide bonds. The van der Waals surface area contributed by atoms with Gasteiger partial charge in [0.05, 0.1) is 5.54 Å². The number of nitrogens with zero attached hydrogens (tertiary/aromatic N) is 1. The topological polar surface area (TPSA) is 41.5 Å². The second kappa shape index (κ2) is 8.02. The van der Waals surface area contributed by atoms with E-state index in [2.05, 4.69) is 69.8 Å². The van der Waals surface area contributed by atoms with Crippen molar-refractivity contribution >= 4 is 61.4 Å². The molecule has 0 saturated heterocycles. The number of aliphatic imine (C=N–C) groups is 1. The highest BCUT2D eigenvalue weighted by atomic mass is 127. The molecule has 0 radical (unpaired) electrons. The minimum absolute atomic E-state index is 0.00131. The van der Waals surface area contributed by atoms with Crippen LogP contribution in [-0.4, -0.2) is 20.2 Å². The molecule has 1 unspecified atom stereocenters. The predicted molar refractivity (Wildman–Crippen MR) is 122 cm³/mol. The molecule has 6 heteroatoms. The van der Waals surface area contributed by atoms with Gasteiger partial charge in [0, 0.05) is 19.2 Å². The molecule has 2 aromatic carbocycles. The number of hydrogen-bond donors (Lipinski definition) is 1. The van der Waals surface area contributed by atoms with Crippen molar-refractivity contribution in [3.8, 4) is 0 Å². The number of rotatable bonds is 3. The highest BCUT2D eigenvalue weighted by Crippen LogP contribution is 2.46. The van der Waals surface area contributed by atoms with Gasteiger partial charge >= 0.3 is 0 Å². The van der Waals surface area contributed by atoms with Crippen LogP contribution in [0, 0.1) is 0 Å². The molecule has 3 nitrogen and oxygen atoms in total. The van der Waals surface area contributed by atoms with Crippen molar-refractivity contribution in [3.05, 3.63) is 70.2 Å². The molecule has 2 atom stereocenters. The lowest BCUT2D eigenvalue weighted by molar-refractivity contribution is 0.0977. The fourth-order valence-electron chi connectivity index (χ4n) is 3.16. The Hall–Kier alpha value is -0.860. The van der Waals surface area contributed by atoms with Crippen molar-refractivity contribution in [1.29, 1.82) is 0 Å². The molecule has 1 aliphatic heterocycles. The Morgan fingerprint density at radius 1 is 1.23 bits per heavy atom. The molecule has 2 aromatic rings. The molecule has 1 aliphatic rings. The van der Waals surface area contributed by atoms with E-state index >= 15 is 0 Å². The summed E-state index contributed by atoms with van der Waals surface area (Å²) in [6.45, 7) is 4.39. The zero-order valence-corrected chi connectivity index (χ0v) is 19.2. The summed E-state index contributed by atoms with van der Waals surface area (Å²) < 4.78 is 2.01. The maximum Gasteiger partial charge on any atom is 0.257 e. The summed E-state index contributed by atoms with van der Waals surface area (Å²) in [6, 6.07) is 17.5. The number of alkyl halides is 1. The standard InChI is InChI=1S/C20H20BrIN2OS/c1-19(13-22)12-20(2,15-9-6-10-16(21)11-15)24-18(26-19)23-17(25)14-7-4-3-5-8-14/h3-11H,12-13H2,1-2H3,(H,23,24,25)/t19?,20-/m0/s1. The second-order valence-corrected chi connectivity index (χ2v) is 10.1. The number of amidine groups is 1. The van der Waals surface area contributed by atoms with E-state index in [9.17, 15) is 4.79 Å². The predicted octanol–water partition coefficient (Wildman–Crippen LogP) is 5.78. The molecule has 136 valence electrons. The lowest BCUT2D eigenvalue weighted by Crippen LogP contribution is -2.44. The number of hydrogen-bond acceptors (Lipinski definition) is 3. The number of benzene rings is 2. The third-order valence-corrected chi connectivity index (χ3v) is 8.26. The molecule has 1 N–H and O–H groups in total. The molecular formula is C20H20BrIN2OS. The summed E-state index contributed by atoms with van der Waals surface area (Å²) >= 11 is 7.64. The average molecular weight is 543 g/mol. The van der Waals surface area contributed by atoms with Gasteiger partial charge in [0.1, 0.15) is 0 Å². The number of thioether (sulfide) groups is 1. The van der Waals surface area contributed by atoms with Crippen molar-refractivity contribution in [1.82, 2.24) is 5.32 Å². The van der Waals surface area contributed by atoms with Gasteiger partial charge in [0.2, 0.25) is 0 Å². The maximum atomic E-state index is 12.6. The first-order chi connectivity index (χ1) is 12.3. The summed E-state index contributed by atoms with van der Waals surface area (Å²) in [5.74, 6) is -0.119. The van der Waals surface area contributed by atoms with E-state index in [1.807, 2.05) is 42.5 Å². The molecule has 1 heterocycles. The van der Waals surface area contributed by atoms with Gasteiger partial charge in [0.25, 0.3) is 5.91 Å². The summed E-state index contributed by atoms with van der Waals surface area (Å²) in [5.41, 5.74) is 1.41. The third kappa shape index (κ3) is 4.51. The molecular weight excluding hydrogens is 523 g/mol. The van der Waals surface area contributed by atoms with Gasteiger partial charge < -0.3 is 5.32 Å². The van der Waals surface area contributed by atoms with Crippen LogP contribution >= 0.6 is 50.3 Å². The second-order valence-electron chi connectivity index (χ2n) is 6.88. The first kappa shape index (κ1) is 19.9. The molecule has 0 spiro atoms. The van der Waals surface area contributed by atoms with Crippen LogP contribution < -0.4 is 5.32 Å². The molecule has 26 heavy (non-hydrogen) atoms. The van der Waals surface area contributed by atoms with E-state index in [-0.39, 0.29) is 16.2 Å². The number of carbonyl (C=O) groups is 1. The van der Waals surface area contributed by atoms with E-state index in [4.69, 9.17) is 4.99 Å². The van der Waals surface area contributed by atoms with E-state index in [0.717, 1.165) is 20.9 Å². The van der Waals surface area contributed by atoms with E-state index < -0.39 is 0 Å². The van der Waals surface area contributed by atoms with Crippen LogP contribution in [0.15, 0.2) is 64.1 Å². The van der Waals surface area contributed by atoms with Gasteiger partial charge in [-0.2, -0.15) is 0 Å². The summed E-state index contributed by atoms with van der Waals surface area (Å²) in [5, 5.41) is 3.71. The van der Waals surface area contributed by atoms with Crippen molar-refractivity contribution in [2.75, 3.05) is 4.43 Å². The summed E-state index contributed by atoms with van der Waals surface area (Å²) in [7, 11) is 0. The Morgan fingerprint density at radius 2 is 1.96 bits per heavy atom. The van der Waals surface area contributed by atoms with Crippen LogP contribution in [0.5, 0.6) is 0 Å². The smallest absolute Gasteiger partial charge is 0.257 e. The normalized spacial score (nSPS) is 25.5. The zero-order chi connectivity index (χ0) is 18.8. The number of nitrogens with one attached hydrogen (secondary N) is 1. The SMILES string of the molecule is CC1(CI)C[C@@](C)(c2cccc(Br)c2)N=C(NC(=O)c2ccccc2)S1. The molecule has 0 aromatic heterocycles. The number of amides is 1. The highest BCUT2D eigenvalue weighted by Gasteiger charge is 2.42. The average Bonchev–Trinajstić information content (AvgIpc) is 2.62. The van der Waals surface area contributed by atoms with E-state index in [1.54, 1.807) is 11.8 Å². The van der Waals surface area contributed by atoms with Crippen LogP contribution in [0.25, 0.3) is 0 Å². The van der Waals surface area contributed by atoms with E-state index in [1.165, 1.54) is 0 Å². The first-order valence-electron chi connectivity index (χ1n) is 8.31. The van der Waals surface area contributed by atoms with Crippen LogP contribution in [0.4, 0.5) is 0 Å². The Balaban J connectivity index is 1.95. The number of halogens is 2. The highest BCUT2D eigenvalue weighted by molar-refractivity contribution is 14.1. The lowest BCUT2D eigenvalue weighted by Gasteiger charge is -2.41. The fourth-order valence-corrected chi connectivity index (χ4v) is 5.56. The molecule has 0 saturated carbocycles. The van der Waals surface area contributed by atoms with Crippen molar-refractivity contribution in [2.24, 2.45) is 4.99 Å². The van der Waals surface area contributed by atoms with E-state index in [0.29, 0.717) is 10.7 Å². The fraction of sp³-hybridized carbons (Fsp3) is 0.300. The van der Waals surface area contributed by atoms with Crippen molar-refractivity contribution < 1.29 is 4.79 Å². The minimum atomic E-state index is -0.381. The van der Waals surface area contributed by atoms with Crippen LogP contribution in [0.3, 0.4) is 0 Å². The molecule has 3 rings (SSSR count). The first-order valence-corrected chi connectivity index (χ1v) is 11.4. The largest absolute Gasteiger partial charge is 0.301 e. The van der Waals surface area contributed by atoms with Crippen LogP contribution in [-0.2, 0) is 5.54 Å². The van der Waals surface area contributed by atoms with Gasteiger partial charge in [-0.15, -0.1) is 0 Å². The van der Waals surface area contributed by atoms with Gasteiger partial charge in [-0.05, 0) is 50.1 Å². The van der Waals surface area contributed by atoms with Gasteiger partial charge in [-0.25, -0.2) is 0 Å². The molecule has 0 aliphatic carbocycles. The lowest BCUT2D eigenvalue weighted by atomic mass is 9.84. The van der Waals surface area contributed by atoms with Crippen molar-refractivity contribution in [2.45, 2.75) is 30.6 Å². The Morgan fingerprint density at radius 3 is 2.62 bits per heavy atom. The molecule has 0 fully saturated rings. The van der Waals surface area contributed by atoms with Crippen molar-refractivity contribution in [3.63, 3.8) is 0 Å². The quantitative estimate of drug-likeness (QED) is 0.394. The number of carbonyl (C=O) groups excluding carboxylic acids is 1. The Bertz CT molecular complexity index is 845. The van der Waals surface area contributed by atoms with Crippen LogP contribution in [0.2, 0.25) is 0 Å². The summed E-state index contributed by atoms with van der Waals surface area (Å²) in [6.07, 6.45) is 0.911. The van der Waals surface area contributed by atoms with Gasteiger partial charge in [-0.3, -0.25) is 9.79 Å². The third-order valence-electron chi connectivity index (χ3n) is 4.40. The van der Waals surface area contributed by atoms with Gasteiger partial charge in [0.15, 0.2) is 5.17 Å². The molecule has 0 bridgehead atoms. The Kier molecular flexibility index (Phi) is 6.14. The monoisotopic (exact) mass is 542 g/mol. The summed E-state index contributed by atoms with van der Waals surface area (Å²) in [4.78, 5) is 17.6.